The van der Waals surface area contributed by atoms with E-state index >= 15 is 0 Å². The topological polar surface area (TPSA) is 119 Å². The van der Waals surface area contributed by atoms with E-state index in [1.54, 1.807) is 26.8 Å². The third-order valence-corrected chi connectivity index (χ3v) is 9.32. The summed E-state index contributed by atoms with van der Waals surface area (Å²) in [5, 5.41) is 21.9. The van der Waals surface area contributed by atoms with Crippen LogP contribution < -0.4 is 0 Å². The van der Waals surface area contributed by atoms with Gasteiger partial charge in [-0.05, 0) is 57.3 Å². The predicted molar refractivity (Wildman–Crippen MR) is 140 cm³/mol. The Morgan fingerprint density at radius 1 is 1.24 bits per heavy atom. The maximum Gasteiger partial charge on any atom is 0.302 e. The molecule has 2 N–H and O–H groups in total. The Hall–Kier alpha value is -2.29. The second-order valence-electron chi connectivity index (χ2n) is 12.5. The average molecular weight is 531 g/mol. The van der Waals surface area contributed by atoms with Crippen LogP contribution in [0.4, 0.5) is 0 Å². The molecule has 8 nitrogen and oxygen atoms in total. The van der Waals surface area contributed by atoms with E-state index in [1.807, 2.05) is 27.7 Å². The Kier molecular flexibility index (Phi) is 7.34. The fourth-order valence-corrected chi connectivity index (χ4v) is 6.67. The van der Waals surface area contributed by atoms with E-state index in [0.717, 1.165) is 12.0 Å². The number of aliphatic hydroxyl groups is 2. The lowest BCUT2D eigenvalue weighted by atomic mass is 9.57. The van der Waals surface area contributed by atoms with Gasteiger partial charge in [-0.25, -0.2) is 0 Å². The number of rotatable bonds is 6. The Labute approximate surface area is 225 Å². The SMILES string of the molecule is CC[C@@H](C)[C@@H](OC(C)=O)[C@@H](C)C1=CC(=O)C2=C(O[C@]3(C)CC[C@H]4O[C@@H](C(C)(C)O)C[C@H](O)[C@]4(C)C3=C2)C1=O. The van der Waals surface area contributed by atoms with Crippen LogP contribution in [0.15, 0.2) is 34.6 Å². The summed E-state index contributed by atoms with van der Waals surface area (Å²) < 4.78 is 18.3. The lowest BCUT2D eigenvalue weighted by Crippen LogP contribution is -2.63. The summed E-state index contributed by atoms with van der Waals surface area (Å²) in [7, 11) is 0. The normalized spacial score (nSPS) is 35.6. The maximum absolute atomic E-state index is 13.8. The number of carbonyl (C=O) groups excluding carboxylic acids is 3. The van der Waals surface area contributed by atoms with Crippen LogP contribution in [0, 0.1) is 17.3 Å². The molecule has 0 amide bonds. The van der Waals surface area contributed by atoms with Crippen molar-refractivity contribution in [1.82, 2.24) is 0 Å². The van der Waals surface area contributed by atoms with Crippen molar-refractivity contribution in [2.45, 2.75) is 117 Å². The molecule has 1 saturated heterocycles. The van der Waals surface area contributed by atoms with E-state index in [4.69, 9.17) is 14.2 Å². The molecule has 0 aromatic heterocycles. The molecule has 0 aromatic carbocycles. The number of carbonyl (C=O) groups is 3. The van der Waals surface area contributed by atoms with Crippen molar-refractivity contribution >= 4 is 17.5 Å². The van der Waals surface area contributed by atoms with Crippen molar-refractivity contribution in [3.05, 3.63) is 34.6 Å². The number of hydrogen-bond acceptors (Lipinski definition) is 8. The van der Waals surface area contributed by atoms with Crippen LogP contribution in [0.3, 0.4) is 0 Å². The van der Waals surface area contributed by atoms with Gasteiger partial charge in [-0.2, -0.15) is 0 Å². The largest absolute Gasteiger partial charge is 0.478 e. The molecule has 38 heavy (non-hydrogen) atoms. The van der Waals surface area contributed by atoms with Gasteiger partial charge in [0.1, 0.15) is 11.7 Å². The predicted octanol–water partition coefficient (Wildman–Crippen LogP) is 3.74. The van der Waals surface area contributed by atoms with Crippen LogP contribution in [0.25, 0.3) is 0 Å². The third kappa shape index (κ3) is 4.58. The van der Waals surface area contributed by atoms with Crippen molar-refractivity contribution in [3.63, 3.8) is 0 Å². The first-order valence-electron chi connectivity index (χ1n) is 13.7. The Bertz CT molecular complexity index is 1120. The first-order chi connectivity index (χ1) is 17.5. The molecular formula is C30H42O8. The fourth-order valence-electron chi connectivity index (χ4n) is 6.67. The highest BCUT2D eigenvalue weighted by atomic mass is 16.5. The maximum atomic E-state index is 13.8. The molecule has 0 spiro atoms. The van der Waals surface area contributed by atoms with E-state index in [9.17, 15) is 24.6 Å². The quantitative estimate of drug-likeness (QED) is 0.394. The molecule has 2 aliphatic carbocycles. The fraction of sp³-hybridized carbons (Fsp3) is 0.700. The number of aliphatic hydroxyl groups excluding tert-OH is 1. The van der Waals surface area contributed by atoms with Crippen LogP contribution in [-0.4, -0.2) is 63.4 Å². The monoisotopic (exact) mass is 530 g/mol. The summed E-state index contributed by atoms with van der Waals surface area (Å²) in [5.74, 6) is -1.66. The molecule has 210 valence electrons. The Balaban J connectivity index is 1.71. The molecule has 4 aliphatic rings. The van der Waals surface area contributed by atoms with Gasteiger partial charge in [-0.15, -0.1) is 0 Å². The van der Waals surface area contributed by atoms with Crippen LogP contribution in [0.2, 0.25) is 0 Å². The molecule has 1 saturated carbocycles. The van der Waals surface area contributed by atoms with Crippen molar-refractivity contribution in [3.8, 4) is 0 Å². The third-order valence-electron chi connectivity index (χ3n) is 9.32. The van der Waals surface area contributed by atoms with Crippen LogP contribution in [-0.2, 0) is 28.6 Å². The highest BCUT2D eigenvalue weighted by molar-refractivity contribution is 6.23. The van der Waals surface area contributed by atoms with Gasteiger partial charge in [0.05, 0.1) is 29.5 Å². The smallest absolute Gasteiger partial charge is 0.302 e. The number of fused-ring (bicyclic) bond motifs is 3. The zero-order chi connectivity index (χ0) is 28.4. The molecular weight excluding hydrogens is 488 g/mol. The zero-order valence-electron chi connectivity index (χ0n) is 23.8. The molecule has 4 rings (SSSR count). The molecule has 0 radical (unpaired) electrons. The highest BCUT2D eigenvalue weighted by Gasteiger charge is 2.61. The molecule has 8 atom stereocenters. The van der Waals surface area contributed by atoms with Crippen LogP contribution in [0.1, 0.15) is 81.1 Å². The lowest BCUT2D eigenvalue weighted by Gasteiger charge is -2.58. The average Bonchev–Trinajstić information content (AvgIpc) is 2.83. The second-order valence-corrected chi connectivity index (χ2v) is 12.5. The summed E-state index contributed by atoms with van der Waals surface area (Å²) >= 11 is 0. The molecule has 0 bridgehead atoms. The highest BCUT2D eigenvalue weighted by Crippen LogP contribution is 2.57. The van der Waals surface area contributed by atoms with E-state index in [1.165, 1.54) is 13.0 Å². The van der Waals surface area contributed by atoms with E-state index in [2.05, 4.69) is 0 Å². The zero-order valence-corrected chi connectivity index (χ0v) is 23.8. The van der Waals surface area contributed by atoms with Gasteiger partial charge < -0.3 is 24.4 Å². The summed E-state index contributed by atoms with van der Waals surface area (Å²) in [6.45, 7) is 14.2. The molecule has 2 fully saturated rings. The molecule has 0 unspecified atom stereocenters. The van der Waals surface area contributed by atoms with Gasteiger partial charge >= 0.3 is 5.97 Å². The standard InChI is InChI=1S/C30H42O8/c1-9-15(2)26(36-17(4)31)16(3)18-12-20(32)19-13-21-29(7,38-27(19)25(18)34)11-10-23-30(21,8)22(33)14-24(37-23)28(5,6)35/h12-13,15-16,22-24,26,33,35H,9-11,14H2,1-8H3/t15-,16+,22+,23-,24-,26-,29-,30+/m1/s1. The van der Waals surface area contributed by atoms with Gasteiger partial charge in [-0.3, -0.25) is 14.4 Å². The minimum absolute atomic E-state index is 0.0129. The van der Waals surface area contributed by atoms with E-state index in [-0.39, 0.29) is 46.9 Å². The van der Waals surface area contributed by atoms with Crippen molar-refractivity contribution in [1.29, 1.82) is 0 Å². The summed E-state index contributed by atoms with van der Waals surface area (Å²) in [6.07, 6.45) is 2.81. The molecule has 0 aromatic rings. The first-order valence-corrected chi connectivity index (χ1v) is 13.7. The van der Waals surface area contributed by atoms with Gasteiger partial charge in [0.25, 0.3) is 0 Å². The number of hydrogen-bond donors (Lipinski definition) is 2. The van der Waals surface area contributed by atoms with Crippen molar-refractivity contribution < 1.29 is 38.8 Å². The molecule has 8 heteroatoms. The van der Waals surface area contributed by atoms with Gasteiger partial charge in [0, 0.05) is 30.3 Å². The first kappa shape index (κ1) is 28.7. The Morgan fingerprint density at radius 3 is 2.47 bits per heavy atom. The lowest BCUT2D eigenvalue weighted by molar-refractivity contribution is -0.231. The van der Waals surface area contributed by atoms with Gasteiger partial charge in [0.15, 0.2) is 11.5 Å². The van der Waals surface area contributed by atoms with Crippen LogP contribution >= 0.6 is 0 Å². The minimum Gasteiger partial charge on any atom is -0.478 e. The number of allylic oxidation sites excluding steroid dienone is 4. The van der Waals surface area contributed by atoms with Crippen molar-refractivity contribution in [2.75, 3.05) is 0 Å². The van der Waals surface area contributed by atoms with Gasteiger partial charge in [0.2, 0.25) is 5.78 Å². The second kappa shape index (κ2) is 9.72. The Morgan fingerprint density at radius 2 is 1.89 bits per heavy atom. The minimum atomic E-state index is -1.11. The summed E-state index contributed by atoms with van der Waals surface area (Å²) in [5.41, 5.74) is -1.71. The molecule has 2 aliphatic heterocycles. The number of esters is 1. The van der Waals surface area contributed by atoms with Crippen LogP contribution in [0.5, 0.6) is 0 Å². The van der Waals surface area contributed by atoms with Gasteiger partial charge in [-0.1, -0.05) is 34.1 Å². The summed E-state index contributed by atoms with van der Waals surface area (Å²) in [4.78, 5) is 39.0. The van der Waals surface area contributed by atoms with E-state index < -0.39 is 46.8 Å². The molecule has 2 heterocycles. The number of ketones is 2. The summed E-state index contributed by atoms with van der Waals surface area (Å²) in [6, 6.07) is 0. The van der Waals surface area contributed by atoms with Crippen molar-refractivity contribution in [2.24, 2.45) is 17.3 Å². The number of Topliss-reactive ketones (excluding diaryl/α,β-unsaturated/α-hetero) is 1. The van der Waals surface area contributed by atoms with E-state index in [0.29, 0.717) is 12.8 Å². The number of ether oxygens (including phenoxy) is 3.